The third kappa shape index (κ3) is 2.22. The first-order valence-corrected chi connectivity index (χ1v) is 6.26. The van der Waals surface area contributed by atoms with Crippen molar-refractivity contribution >= 4 is 38.4 Å². The van der Waals surface area contributed by atoms with Gasteiger partial charge in [0.15, 0.2) is 0 Å². The summed E-state index contributed by atoms with van der Waals surface area (Å²) in [6.45, 7) is 1.85. The van der Waals surface area contributed by atoms with Crippen molar-refractivity contribution in [3.05, 3.63) is 38.3 Å². The van der Waals surface area contributed by atoms with Gasteiger partial charge in [0.25, 0.3) is 5.56 Å². The monoisotopic (exact) mass is 315 g/mol. The van der Waals surface area contributed by atoms with Crippen LogP contribution in [0.25, 0.3) is 10.9 Å². The highest BCUT2D eigenvalue weighted by molar-refractivity contribution is 9.10. The molecule has 1 atom stereocenters. The summed E-state index contributed by atoms with van der Waals surface area (Å²) in [5.74, 6) is 0. The fourth-order valence-electron chi connectivity index (χ4n) is 1.61. The summed E-state index contributed by atoms with van der Waals surface area (Å²) in [5, 5.41) is 3.70. The molecule has 0 saturated carbocycles. The molecule has 1 N–H and O–H groups in total. The van der Waals surface area contributed by atoms with Crippen LogP contribution in [-0.4, -0.2) is 16.6 Å². The SMILES string of the molecule is CNC(C)n1c(Cl)nc2ccc(Br)cc2c1=O. The standard InChI is InChI=1S/C11H11BrClN3O/c1-6(14-2)16-10(17)8-5-7(12)3-4-9(8)15-11(16)13/h3-6,14H,1-2H3. The third-order valence-corrected chi connectivity index (χ3v) is 3.38. The highest BCUT2D eigenvalue weighted by Crippen LogP contribution is 2.18. The number of benzene rings is 1. The lowest BCUT2D eigenvalue weighted by Crippen LogP contribution is -2.31. The van der Waals surface area contributed by atoms with Gasteiger partial charge in [0, 0.05) is 4.47 Å². The lowest BCUT2D eigenvalue weighted by molar-refractivity contribution is 0.461. The van der Waals surface area contributed by atoms with Crippen molar-refractivity contribution in [2.24, 2.45) is 0 Å². The zero-order valence-corrected chi connectivity index (χ0v) is 11.7. The zero-order chi connectivity index (χ0) is 12.6. The van der Waals surface area contributed by atoms with Crippen molar-refractivity contribution in [3.63, 3.8) is 0 Å². The van der Waals surface area contributed by atoms with Crippen LogP contribution in [0.2, 0.25) is 5.28 Å². The van der Waals surface area contributed by atoms with E-state index in [0.29, 0.717) is 10.9 Å². The van der Waals surface area contributed by atoms with E-state index in [0.717, 1.165) is 4.47 Å². The molecule has 0 aliphatic heterocycles. The molecular formula is C11H11BrClN3O. The highest BCUT2D eigenvalue weighted by atomic mass is 79.9. The molecule has 0 radical (unpaired) electrons. The number of aromatic nitrogens is 2. The van der Waals surface area contributed by atoms with Crippen LogP contribution >= 0.6 is 27.5 Å². The van der Waals surface area contributed by atoms with E-state index in [1.165, 1.54) is 4.57 Å². The molecule has 90 valence electrons. The first kappa shape index (κ1) is 12.5. The Hall–Kier alpha value is -0.910. The predicted molar refractivity (Wildman–Crippen MR) is 72.5 cm³/mol. The van der Waals surface area contributed by atoms with Crippen molar-refractivity contribution in [1.29, 1.82) is 0 Å². The Bertz CT molecular complexity index is 626. The zero-order valence-electron chi connectivity index (χ0n) is 9.37. The van der Waals surface area contributed by atoms with E-state index in [1.54, 1.807) is 19.2 Å². The molecule has 0 aliphatic rings. The lowest BCUT2D eigenvalue weighted by Gasteiger charge is -2.16. The van der Waals surface area contributed by atoms with Gasteiger partial charge >= 0.3 is 0 Å². The molecule has 0 fully saturated rings. The molecule has 17 heavy (non-hydrogen) atoms. The Morgan fingerprint density at radius 3 is 2.88 bits per heavy atom. The third-order valence-electron chi connectivity index (χ3n) is 2.62. The minimum atomic E-state index is -0.203. The first-order valence-electron chi connectivity index (χ1n) is 5.09. The minimum absolute atomic E-state index is 0.150. The largest absolute Gasteiger partial charge is 0.300 e. The molecule has 0 spiro atoms. The van der Waals surface area contributed by atoms with Crippen molar-refractivity contribution in [2.45, 2.75) is 13.1 Å². The van der Waals surface area contributed by atoms with Crippen LogP contribution in [0.3, 0.4) is 0 Å². The van der Waals surface area contributed by atoms with E-state index in [9.17, 15) is 4.79 Å². The van der Waals surface area contributed by atoms with Crippen LogP contribution in [0.1, 0.15) is 13.1 Å². The van der Waals surface area contributed by atoms with E-state index in [-0.39, 0.29) is 17.0 Å². The van der Waals surface area contributed by atoms with E-state index in [2.05, 4.69) is 26.2 Å². The number of nitrogens with zero attached hydrogens (tertiary/aromatic N) is 2. The second kappa shape index (κ2) is 4.76. The summed E-state index contributed by atoms with van der Waals surface area (Å²) in [5.41, 5.74) is 0.450. The Labute approximate surface area is 112 Å². The van der Waals surface area contributed by atoms with E-state index in [1.807, 2.05) is 13.0 Å². The second-order valence-corrected chi connectivity index (χ2v) is 4.94. The molecule has 0 amide bonds. The first-order chi connectivity index (χ1) is 8.04. The predicted octanol–water partition coefficient (Wildman–Crippen LogP) is 2.55. The van der Waals surface area contributed by atoms with Gasteiger partial charge in [0.1, 0.15) is 0 Å². The molecule has 0 bridgehead atoms. The second-order valence-electron chi connectivity index (χ2n) is 3.68. The summed E-state index contributed by atoms with van der Waals surface area (Å²) in [6, 6.07) is 5.35. The maximum Gasteiger partial charge on any atom is 0.263 e. The number of halogens is 2. The van der Waals surface area contributed by atoms with Crippen LogP contribution in [0.15, 0.2) is 27.5 Å². The molecule has 4 nitrogen and oxygen atoms in total. The van der Waals surface area contributed by atoms with Crippen molar-refractivity contribution < 1.29 is 0 Å². The summed E-state index contributed by atoms with van der Waals surface area (Å²) >= 11 is 9.36. The van der Waals surface area contributed by atoms with E-state index in [4.69, 9.17) is 11.6 Å². The maximum absolute atomic E-state index is 12.3. The van der Waals surface area contributed by atoms with Crippen LogP contribution in [-0.2, 0) is 0 Å². The van der Waals surface area contributed by atoms with Gasteiger partial charge in [-0.15, -0.1) is 0 Å². The van der Waals surface area contributed by atoms with E-state index < -0.39 is 0 Å². The van der Waals surface area contributed by atoms with Crippen molar-refractivity contribution in [1.82, 2.24) is 14.9 Å². The molecule has 1 unspecified atom stereocenters. The topological polar surface area (TPSA) is 46.9 Å². The molecule has 1 aromatic carbocycles. The number of rotatable bonds is 2. The van der Waals surface area contributed by atoms with Gasteiger partial charge in [-0.1, -0.05) is 15.9 Å². The van der Waals surface area contributed by atoms with Gasteiger partial charge in [0.05, 0.1) is 17.1 Å². The normalized spacial score (nSPS) is 12.9. The molecule has 0 saturated heterocycles. The minimum Gasteiger partial charge on any atom is -0.300 e. The fraction of sp³-hybridized carbons (Fsp3) is 0.273. The Morgan fingerprint density at radius 1 is 1.53 bits per heavy atom. The molecule has 0 aliphatic carbocycles. The van der Waals surface area contributed by atoms with E-state index >= 15 is 0 Å². The number of fused-ring (bicyclic) bond motifs is 1. The highest BCUT2D eigenvalue weighted by Gasteiger charge is 2.13. The van der Waals surface area contributed by atoms with Gasteiger partial charge in [-0.05, 0) is 43.8 Å². The smallest absolute Gasteiger partial charge is 0.263 e. The summed E-state index contributed by atoms with van der Waals surface area (Å²) < 4.78 is 2.27. The van der Waals surface area contributed by atoms with Gasteiger partial charge in [0.2, 0.25) is 5.28 Å². The summed E-state index contributed by atoms with van der Waals surface area (Å²) in [7, 11) is 1.76. The van der Waals surface area contributed by atoms with Gasteiger partial charge in [-0.2, -0.15) is 0 Å². The maximum atomic E-state index is 12.3. The molecule has 6 heteroatoms. The lowest BCUT2D eigenvalue weighted by atomic mass is 10.2. The Balaban J connectivity index is 2.83. The molecular weight excluding hydrogens is 305 g/mol. The van der Waals surface area contributed by atoms with Gasteiger partial charge in [-0.3, -0.25) is 9.36 Å². The summed E-state index contributed by atoms with van der Waals surface area (Å²) in [4.78, 5) is 16.5. The van der Waals surface area contributed by atoms with Gasteiger partial charge in [-0.25, -0.2) is 4.98 Å². The van der Waals surface area contributed by atoms with Crippen LogP contribution in [0.5, 0.6) is 0 Å². The van der Waals surface area contributed by atoms with Crippen molar-refractivity contribution in [3.8, 4) is 0 Å². The molecule has 1 aromatic heterocycles. The van der Waals surface area contributed by atoms with Crippen LogP contribution < -0.4 is 10.9 Å². The average Bonchev–Trinajstić information content (AvgIpc) is 2.30. The average molecular weight is 317 g/mol. The summed E-state index contributed by atoms with van der Waals surface area (Å²) in [6.07, 6.45) is -0.203. The molecule has 2 aromatic rings. The Morgan fingerprint density at radius 2 is 2.24 bits per heavy atom. The number of nitrogens with one attached hydrogen (secondary N) is 1. The number of hydrogen-bond acceptors (Lipinski definition) is 3. The van der Waals surface area contributed by atoms with Crippen LogP contribution in [0, 0.1) is 0 Å². The van der Waals surface area contributed by atoms with Crippen molar-refractivity contribution in [2.75, 3.05) is 7.05 Å². The van der Waals surface area contributed by atoms with Gasteiger partial charge < -0.3 is 5.32 Å². The fourth-order valence-corrected chi connectivity index (χ4v) is 2.28. The molecule has 2 rings (SSSR count). The number of hydrogen-bond donors (Lipinski definition) is 1. The quantitative estimate of drug-likeness (QED) is 0.866. The van der Waals surface area contributed by atoms with Crippen LogP contribution in [0.4, 0.5) is 0 Å². The Kier molecular flexibility index (Phi) is 3.51. The molecule has 1 heterocycles.